The number of rotatable bonds is 2. The van der Waals surface area contributed by atoms with Crippen molar-refractivity contribution in [2.24, 2.45) is 0 Å². The molecule has 0 aliphatic carbocycles. The summed E-state index contributed by atoms with van der Waals surface area (Å²) in [6, 6.07) is 2.45. The minimum Gasteiger partial charge on any atom is -0.335 e. The fraction of sp³-hybridized carbons (Fsp3) is 0.583. The van der Waals surface area contributed by atoms with E-state index in [9.17, 15) is 4.79 Å². The van der Waals surface area contributed by atoms with Gasteiger partial charge in [0.25, 0.3) is 5.91 Å². The molecule has 7 heteroatoms. The summed E-state index contributed by atoms with van der Waals surface area (Å²) in [4.78, 5) is 17.5. The lowest BCUT2D eigenvalue weighted by molar-refractivity contribution is 0.0231. The van der Waals surface area contributed by atoms with Crippen LogP contribution < -0.4 is 5.32 Å². The number of nitrogens with zero attached hydrogens (tertiary/aromatic N) is 2. The molecule has 0 spiro atoms. The van der Waals surface area contributed by atoms with Crippen LogP contribution in [0.1, 0.15) is 9.67 Å². The third kappa shape index (κ3) is 2.90. The Hall–Kier alpha value is 0.0500. The Morgan fingerprint density at radius 3 is 2.58 bits per heavy atom. The van der Waals surface area contributed by atoms with E-state index in [0.29, 0.717) is 6.04 Å². The standard InChI is InChI=1S/C12H15Br2N3OS/c13-9-5-10(19-11(9)14)12(18)17-6-8(7-17)16-3-1-15-2-4-16/h5,8,15H,1-4,6-7H2. The van der Waals surface area contributed by atoms with Crippen molar-refractivity contribution in [3.8, 4) is 0 Å². The molecule has 4 nitrogen and oxygen atoms in total. The molecule has 2 fully saturated rings. The number of amides is 1. The summed E-state index contributed by atoms with van der Waals surface area (Å²) in [6.45, 7) is 6.06. The van der Waals surface area contributed by atoms with Crippen molar-refractivity contribution < 1.29 is 4.79 Å². The average Bonchev–Trinajstić information content (AvgIpc) is 2.69. The topological polar surface area (TPSA) is 35.6 Å². The average molecular weight is 409 g/mol. The second-order valence-corrected chi connectivity index (χ2v) is 8.11. The number of halogens is 2. The molecule has 3 heterocycles. The van der Waals surface area contributed by atoms with Gasteiger partial charge in [0.2, 0.25) is 0 Å². The number of hydrogen-bond donors (Lipinski definition) is 1. The number of carbonyl (C=O) groups excluding carboxylic acids is 1. The van der Waals surface area contributed by atoms with Crippen LogP contribution in [-0.4, -0.2) is 61.0 Å². The van der Waals surface area contributed by atoms with Crippen LogP contribution in [0.5, 0.6) is 0 Å². The monoisotopic (exact) mass is 407 g/mol. The third-order valence-electron chi connectivity index (χ3n) is 3.67. The minimum absolute atomic E-state index is 0.155. The predicted octanol–water partition coefficient (Wildman–Crippen LogP) is 2.00. The molecule has 0 aromatic carbocycles. The maximum Gasteiger partial charge on any atom is 0.264 e. The molecule has 0 saturated carbocycles. The first-order chi connectivity index (χ1) is 9.15. The number of nitrogens with one attached hydrogen (secondary N) is 1. The predicted molar refractivity (Wildman–Crippen MR) is 83.9 cm³/mol. The first kappa shape index (κ1) is 14.0. The minimum atomic E-state index is 0.155. The first-order valence-electron chi connectivity index (χ1n) is 6.34. The van der Waals surface area contributed by atoms with Crippen LogP contribution in [0.25, 0.3) is 0 Å². The van der Waals surface area contributed by atoms with E-state index >= 15 is 0 Å². The van der Waals surface area contributed by atoms with E-state index in [1.54, 1.807) is 0 Å². The molecule has 0 bridgehead atoms. The summed E-state index contributed by atoms with van der Waals surface area (Å²) >= 11 is 8.35. The lowest BCUT2D eigenvalue weighted by Crippen LogP contribution is -2.63. The van der Waals surface area contributed by atoms with Crippen molar-refractivity contribution in [3.63, 3.8) is 0 Å². The van der Waals surface area contributed by atoms with Gasteiger partial charge in [0.05, 0.1) is 8.66 Å². The van der Waals surface area contributed by atoms with Crippen LogP contribution in [-0.2, 0) is 0 Å². The fourth-order valence-corrected chi connectivity index (χ4v) is 4.51. The van der Waals surface area contributed by atoms with Gasteiger partial charge in [-0.3, -0.25) is 9.69 Å². The van der Waals surface area contributed by atoms with E-state index < -0.39 is 0 Å². The number of likely N-dealkylation sites (tertiary alicyclic amines) is 1. The highest BCUT2D eigenvalue weighted by Gasteiger charge is 2.36. The van der Waals surface area contributed by atoms with Crippen molar-refractivity contribution in [2.75, 3.05) is 39.3 Å². The summed E-state index contributed by atoms with van der Waals surface area (Å²) in [6.07, 6.45) is 0. The van der Waals surface area contributed by atoms with Crippen LogP contribution in [0.4, 0.5) is 0 Å². The lowest BCUT2D eigenvalue weighted by Gasteiger charge is -2.46. The normalized spacial score (nSPS) is 21.5. The Morgan fingerprint density at radius 2 is 2.00 bits per heavy atom. The quantitative estimate of drug-likeness (QED) is 0.812. The van der Waals surface area contributed by atoms with Gasteiger partial charge in [-0.15, -0.1) is 11.3 Å². The molecule has 2 saturated heterocycles. The van der Waals surface area contributed by atoms with Crippen LogP contribution in [0.15, 0.2) is 14.3 Å². The highest BCUT2D eigenvalue weighted by molar-refractivity contribution is 9.13. The van der Waals surface area contributed by atoms with Crippen molar-refractivity contribution in [1.82, 2.24) is 15.1 Å². The van der Waals surface area contributed by atoms with Gasteiger partial charge in [0.1, 0.15) is 0 Å². The molecule has 1 aromatic rings. The van der Waals surface area contributed by atoms with Crippen LogP contribution in [0.3, 0.4) is 0 Å². The van der Waals surface area contributed by atoms with E-state index in [4.69, 9.17) is 0 Å². The van der Waals surface area contributed by atoms with E-state index in [1.807, 2.05) is 11.0 Å². The molecule has 2 aliphatic rings. The Labute approximate surface area is 133 Å². The number of thiophene rings is 1. The van der Waals surface area contributed by atoms with Crippen LogP contribution in [0, 0.1) is 0 Å². The molecule has 19 heavy (non-hydrogen) atoms. The molecule has 0 radical (unpaired) electrons. The second kappa shape index (κ2) is 5.81. The number of hydrogen-bond acceptors (Lipinski definition) is 4. The molecule has 3 rings (SSSR count). The number of piperazine rings is 1. The molecular weight excluding hydrogens is 394 g/mol. The van der Waals surface area contributed by atoms with Gasteiger partial charge in [-0.2, -0.15) is 0 Å². The van der Waals surface area contributed by atoms with E-state index in [0.717, 1.165) is 52.4 Å². The summed E-state index contributed by atoms with van der Waals surface area (Å²) < 4.78 is 1.94. The lowest BCUT2D eigenvalue weighted by atomic mass is 10.1. The highest BCUT2D eigenvalue weighted by atomic mass is 79.9. The van der Waals surface area contributed by atoms with Crippen LogP contribution in [0.2, 0.25) is 0 Å². The van der Waals surface area contributed by atoms with Gasteiger partial charge < -0.3 is 10.2 Å². The fourth-order valence-electron chi connectivity index (χ4n) is 2.51. The molecule has 0 atom stereocenters. The summed E-state index contributed by atoms with van der Waals surface area (Å²) in [5.74, 6) is 0.155. The summed E-state index contributed by atoms with van der Waals surface area (Å²) in [7, 11) is 0. The summed E-state index contributed by atoms with van der Waals surface area (Å²) in [5.41, 5.74) is 0. The van der Waals surface area contributed by atoms with Gasteiger partial charge in [0.15, 0.2) is 0 Å². The highest BCUT2D eigenvalue weighted by Crippen LogP contribution is 2.33. The Morgan fingerprint density at radius 1 is 1.32 bits per heavy atom. The van der Waals surface area contributed by atoms with Crippen molar-refractivity contribution in [3.05, 3.63) is 19.2 Å². The number of carbonyl (C=O) groups is 1. The molecule has 2 aliphatic heterocycles. The molecule has 1 aromatic heterocycles. The van der Waals surface area contributed by atoms with Crippen molar-refractivity contribution in [2.45, 2.75) is 6.04 Å². The first-order valence-corrected chi connectivity index (χ1v) is 8.74. The van der Waals surface area contributed by atoms with Crippen molar-refractivity contribution >= 4 is 49.1 Å². The maximum atomic E-state index is 12.3. The van der Waals surface area contributed by atoms with E-state index in [-0.39, 0.29) is 5.91 Å². The Bertz CT molecular complexity index is 462. The van der Waals surface area contributed by atoms with Crippen molar-refractivity contribution in [1.29, 1.82) is 0 Å². The van der Waals surface area contributed by atoms with Gasteiger partial charge >= 0.3 is 0 Å². The molecule has 104 valence electrons. The SMILES string of the molecule is O=C(c1cc(Br)c(Br)s1)N1CC(N2CCNCC2)C1. The molecule has 0 unspecified atom stereocenters. The smallest absolute Gasteiger partial charge is 0.264 e. The Balaban J connectivity index is 1.56. The Kier molecular flexibility index (Phi) is 4.28. The molecule has 1 amide bonds. The van der Waals surface area contributed by atoms with Gasteiger partial charge in [-0.25, -0.2) is 0 Å². The largest absolute Gasteiger partial charge is 0.335 e. The zero-order valence-electron chi connectivity index (χ0n) is 10.4. The third-order valence-corrected chi connectivity index (χ3v) is 6.92. The zero-order valence-corrected chi connectivity index (χ0v) is 14.4. The van der Waals surface area contributed by atoms with E-state index in [1.165, 1.54) is 11.3 Å². The van der Waals surface area contributed by atoms with Gasteiger partial charge in [-0.05, 0) is 37.9 Å². The summed E-state index contributed by atoms with van der Waals surface area (Å²) in [5, 5.41) is 3.36. The maximum absolute atomic E-state index is 12.3. The van der Waals surface area contributed by atoms with Gasteiger partial charge in [-0.1, -0.05) is 0 Å². The van der Waals surface area contributed by atoms with Gasteiger partial charge in [0, 0.05) is 49.8 Å². The zero-order chi connectivity index (χ0) is 13.4. The van der Waals surface area contributed by atoms with Crippen LogP contribution >= 0.6 is 43.2 Å². The van der Waals surface area contributed by atoms with E-state index in [2.05, 4.69) is 42.1 Å². The second-order valence-electron chi connectivity index (χ2n) is 4.88. The molecule has 1 N–H and O–H groups in total. The molecular formula is C12H15Br2N3OS.